The third-order valence-corrected chi connectivity index (χ3v) is 4.34. The van der Waals surface area contributed by atoms with E-state index >= 15 is 0 Å². The molecule has 1 aromatic carbocycles. The molecule has 9 heteroatoms. The molecule has 1 aromatic heterocycles. The van der Waals surface area contributed by atoms with Crippen LogP contribution in [0.2, 0.25) is 5.02 Å². The molecule has 132 valence electrons. The lowest BCUT2D eigenvalue weighted by atomic mass is 10.0. The van der Waals surface area contributed by atoms with Crippen molar-refractivity contribution < 1.29 is 4.92 Å². The highest BCUT2D eigenvalue weighted by atomic mass is 35.5. The Kier molecular flexibility index (Phi) is 4.89. The van der Waals surface area contributed by atoms with Crippen LogP contribution in [0.4, 0.5) is 29.0 Å². The van der Waals surface area contributed by atoms with Gasteiger partial charge in [-0.3, -0.25) is 10.1 Å². The molecule has 25 heavy (non-hydrogen) atoms. The Labute approximate surface area is 150 Å². The van der Waals surface area contributed by atoms with Gasteiger partial charge in [0.1, 0.15) is 0 Å². The van der Waals surface area contributed by atoms with Gasteiger partial charge in [0.05, 0.1) is 4.92 Å². The van der Waals surface area contributed by atoms with E-state index in [4.69, 9.17) is 17.3 Å². The van der Waals surface area contributed by atoms with Crippen LogP contribution in [-0.4, -0.2) is 28.0 Å². The second-order valence-electron chi connectivity index (χ2n) is 6.19. The van der Waals surface area contributed by atoms with Gasteiger partial charge in [-0.2, -0.15) is 9.97 Å². The normalized spacial score (nSPS) is 17.4. The standard InChI is InChI=1S/C16H19ClN6O2/c1-10-4-3-7-22(9-10)16-20-14(18)13(23(24)25)15(21-16)19-12-6-2-5-11(17)8-12/h2,5-6,8,10H,3-4,7,9H2,1H3,(H3,18,19,20,21). The van der Waals surface area contributed by atoms with Gasteiger partial charge in [-0.15, -0.1) is 0 Å². The van der Waals surface area contributed by atoms with Crippen LogP contribution in [0.25, 0.3) is 0 Å². The van der Waals surface area contributed by atoms with Crippen molar-refractivity contribution in [3.8, 4) is 0 Å². The number of nitrogens with two attached hydrogens (primary N) is 1. The Bertz CT molecular complexity index is 800. The van der Waals surface area contributed by atoms with E-state index in [2.05, 4.69) is 22.2 Å². The molecule has 0 radical (unpaired) electrons. The van der Waals surface area contributed by atoms with Crippen LogP contribution in [0.15, 0.2) is 24.3 Å². The molecule has 1 atom stereocenters. The molecule has 1 aliphatic heterocycles. The number of rotatable bonds is 4. The fourth-order valence-electron chi connectivity index (χ4n) is 2.94. The predicted molar refractivity (Wildman–Crippen MR) is 98.4 cm³/mol. The van der Waals surface area contributed by atoms with E-state index in [1.807, 2.05) is 4.90 Å². The first-order chi connectivity index (χ1) is 11.9. The van der Waals surface area contributed by atoms with E-state index in [0.717, 1.165) is 25.9 Å². The predicted octanol–water partition coefficient (Wildman–Crippen LogP) is 3.60. The van der Waals surface area contributed by atoms with Crippen molar-refractivity contribution in [1.29, 1.82) is 0 Å². The largest absolute Gasteiger partial charge is 0.378 e. The topological polar surface area (TPSA) is 110 Å². The molecular formula is C16H19ClN6O2. The summed E-state index contributed by atoms with van der Waals surface area (Å²) < 4.78 is 0. The summed E-state index contributed by atoms with van der Waals surface area (Å²) in [6, 6.07) is 6.87. The average molecular weight is 363 g/mol. The number of piperidine rings is 1. The highest BCUT2D eigenvalue weighted by Crippen LogP contribution is 2.33. The van der Waals surface area contributed by atoms with Gasteiger partial charge in [-0.05, 0) is 37.0 Å². The summed E-state index contributed by atoms with van der Waals surface area (Å²) in [6.45, 7) is 3.76. The van der Waals surface area contributed by atoms with E-state index in [1.54, 1.807) is 24.3 Å². The fraction of sp³-hybridized carbons (Fsp3) is 0.375. The van der Waals surface area contributed by atoms with Crippen molar-refractivity contribution in [2.24, 2.45) is 5.92 Å². The highest BCUT2D eigenvalue weighted by molar-refractivity contribution is 6.30. The van der Waals surface area contributed by atoms with E-state index < -0.39 is 4.92 Å². The van der Waals surface area contributed by atoms with Gasteiger partial charge in [0.25, 0.3) is 0 Å². The number of nitro groups is 1. The van der Waals surface area contributed by atoms with Crippen molar-refractivity contribution >= 4 is 40.6 Å². The van der Waals surface area contributed by atoms with Crippen LogP contribution in [0.3, 0.4) is 0 Å². The zero-order chi connectivity index (χ0) is 18.0. The smallest absolute Gasteiger partial charge is 0.353 e. The SMILES string of the molecule is CC1CCCN(c2nc(N)c([N+](=O)[O-])c(Nc3cccc(Cl)c3)n2)C1. The number of aromatic nitrogens is 2. The summed E-state index contributed by atoms with van der Waals surface area (Å²) in [5.74, 6) is 0.822. The molecule has 3 N–H and O–H groups in total. The number of anilines is 4. The number of halogens is 1. The number of nitrogens with zero attached hydrogens (tertiary/aromatic N) is 4. The average Bonchev–Trinajstić information content (AvgIpc) is 2.54. The van der Waals surface area contributed by atoms with E-state index in [-0.39, 0.29) is 17.3 Å². The van der Waals surface area contributed by atoms with Gasteiger partial charge < -0.3 is 16.0 Å². The summed E-state index contributed by atoms with van der Waals surface area (Å²) in [6.07, 6.45) is 2.17. The van der Waals surface area contributed by atoms with E-state index in [1.165, 1.54) is 0 Å². The molecular weight excluding hydrogens is 344 g/mol. The van der Waals surface area contributed by atoms with Gasteiger partial charge in [0, 0.05) is 23.8 Å². The van der Waals surface area contributed by atoms with Crippen molar-refractivity contribution in [2.45, 2.75) is 19.8 Å². The molecule has 1 aliphatic rings. The third-order valence-electron chi connectivity index (χ3n) is 4.11. The maximum absolute atomic E-state index is 11.4. The van der Waals surface area contributed by atoms with Crippen LogP contribution in [0.1, 0.15) is 19.8 Å². The van der Waals surface area contributed by atoms with Crippen molar-refractivity contribution in [3.05, 3.63) is 39.4 Å². The zero-order valence-corrected chi connectivity index (χ0v) is 14.5. The van der Waals surface area contributed by atoms with Gasteiger partial charge in [-0.25, -0.2) is 0 Å². The van der Waals surface area contributed by atoms with Crippen molar-refractivity contribution in [1.82, 2.24) is 9.97 Å². The Balaban J connectivity index is 2.00. The Morgan fingerprint density at radius 1 is 1.44 bits per heavy atom. The number of nitrogen functional groups attached to an aromatic ring is 1. The van der Waals surface area contributed by atoms with Crippen molar-refractivity contribution in [3.63, 3.8) is 0 Å². The second kappa shape index (κ2) is 7.10. The lowest BCUT2D eigenvalue weighted by Gasteiger charge is -2.31. The number of hydrogen-bond acceptors (Lipinski definition) is 7. The van der Waals surface area contributed by atoms with Crippen molar-refractivity contribution in [2.75, 3.05) is 29.0 Å². The minimum absolute atomic E-state index is 0.0630. The first-order valence-electron chi connectivity index (χ1n) is 8.03. The molecule has 1 unspecified atom stereocenters. The quantitative estimate of drug-likeness (QED) is 0.631. The Hall–Kier alpha value is -2.61. The Morgan fingerprint density at radius 2 is 2.24 bits per heavy atom. The van der Waals surface area contributed by atoms with Gasteiger partial charge >= 0.3 is 5.69 Å². The molecule has 0 aliphatic carbocycles. The second-order valence-corrected chi connectivity index (χ2v) is 6.63. The van der Waals surface area contributed by atoms with E-state index in [0.29, 0.717) is 22.6 Å². The monoisotopic (exact) mass is 362 g/mol. The van der Waals surface area contributed by atoms with E-state index in [9.17, 15) is 10.1 Å². The van der Waals surface area contributed by atoms with Crippen LogP contribution in [0.5, 0.6) is 0 Å². The molecule has 1 saturated heterocycles. The number of nitrogens with one attached hydrogen (secondary N) is 1. The summed E-state index contributed by atoms with van der Waals surface area (Å²) in [5.41, 5.74) is 6.11. The number of hydrogen-bond donors (Lipinski definition) is 2. The lowest BCUT2D eigenvalue weighted by molar-refractivity contribution is -0.383. The molecule has 0 amide bonds. The highest BCUT2D eigenvalue weighted by Gasteiger charge is 2.26. The minimum atomic E-state index is -0.579. The van der Waals surface area contributed by atoms with Gasteiger partial charge in [0.2, 0.25) is 17.6 Å². The fourth-order valence-corrected chi connectivity index (χ4v) is 3.13. The summed E-state index contributed by atoms with van der Waals surface area (Å²) >= 11 is 5.97. The van der Waals surface area contributed by atoms with Crippen LogP contribution < -0.4 is 16.0 Å². The molecule has 0 saturated carbocycles. The minimum Gasteiger partial charge on any atom is -0.378 e. The Morgan fingerprint density at radius 3 is 2.92 bits per heavy atom. The van der Waals surface area contributed by atoms with Crippen LogP contribution in [0, 0.1) is 16.0 Å². The molecule has 3 rings (SSSR count). The summed E-state index contributed by atoms with van der Waals surface area (Å²) in [5, 5.41) is 14.9. The van der Waals surface area contributed by atoms with Crippen LogP contribution in [-0.2, 0) is 0 Å². The molecule has 2 aromatic rings. The van der Waals surface area contributed by atoms with Crippen LogP contribution >= 0.6 is 11.6 Å². The maximum atomic E-state index is 11.4. The summed E-state index contributed by atoms with van der Waals surface area (Å²) in [7, 11) is 0. The van der Waals surface area contributed by atoms with Gasteiger partial charge in [-0.1, -0.05) is 24.6 Å². The molecule has 0 spiro atoms. The summed E-state index contributed by atoms with van der Waals surface area (Å²) in [4.78, 5) is 21.4. The third kappa shape index (κ3) is 3.90. The maximum Gasteiger partial charge on any atom is 0.353 e. The number of benzene rings is 1. The molecule has 8 nitrogen and oxygen atoms in total. The zero-order valence-electron chi connectivity index (χ0n) is 13.8. The molecule has 0 bridgehead atoms. The molecule has 2 heterocycles. The lowest BCUT2D eigenvalue weighted by Crippen LogP contribution is -2.35. The molecule has 1 fully saturated rings. The first-order valence-corrected chi connectivity index (χ1v) is 8.41. The van der Waals surface area contributed by atoms with Gasteiger partial charge in [0.15, 0.2) is 0 Å². The first kappa shape index (κ1) is 17.2.